The Morgan fingerprint density at radius 1 is 1.29 bits per heavy atom. The van der Waals surface area contributed by atoms with Gasteiger partial charge in [-0.15, -0.1) is 0 Å². The van der Waals surface area contributed by atoms with Crippen LogP contribution in [0.3, 0.4) is 0 Å². The Bertz CT molecular complexity index is 528. The maximum Gasteiger partial charge on any atom is 0.145 e. The van der Waals surface area contributed by atoms with Crippen LogP contribution in [-0.4, -0.2) is 9.55 Å². The van der Waals surface area contributed by atoms with Gasteiger partial charge in [-0.1, -0.05) is 37.3 Å². The number of fused-ring (bicyclic) bond motifs is 1. The maximum absolute atomic E-state index is 6.01. The average molecular weight is 227 g/mol. The Labute approximate surface area is 101 Å². The molecule has 2 heterocycles. The summed E-state index contributed by atoms with van der Waals surface area (Å²) >= 11 is 0. The van der Waals surface area contributed by atoms with Crippen molar-refractivity contribution in [1.29, 1.82) is 0 Å². The molecule has 1 unspecified atom stereocenters. The minimum Gasteiger partial charge on any atom is -0.382 e. The SMILES string of the molecule is CC1CCc2c(N)nc(-c3ccccc3)n2C1. The second-order valence-electron chi connectivity index (χ2n) is 4.89. The van der Waals surface area contributed by atoms with Crippen molar-refractivity contribution < 1.29 is 0 Å². The summed E-state index contributed by atoms with van der Waals surface area (Å²) in [4.78, 5) is 4.54. The van der Waals surface area contributed by atoms with Gasteiger partial charge in [0.1, 0.15) is 11.6 Å². The van der Waals surface area contributed by atoms with Crippen LogP contribution in [-0.2, 0) is 13.0 Å². The third kappa shape index (κ3) is 1.71. The number of hydrogen-bond acceptors (Lipinski definition) is 2. The molecule has 1 aromatic heterocycles. The van der Waals surface area contributed by atoms with Gasteiger partial charge in [0.25, 0.3) is 0 Å². The van der Waals surface area contributed by atoms with Gasteiger partial charge in [0.2, 0.25) is 0 Å². The molecular weight excluding hydrogens is 210 g/mol. The highest BCUT2D eigenvalue weighted by molar-refractivity contribution is 5.60. The van der Waals surface area contributed by atoms with Crippen LogP contribution in [0.2, 0.25) is 0 Å². The minimum atomic E-state index is 0.704. The molecule has 0 radical (unpaired) electrons. The van der Waals surface area contributed by atoms with E-state index in [1.54, 1.807) is 0 Å². The molecule has 0 saturated carbocycles. The summed E-state index contributed by atoms with van der Waals surface area (Å²) in [6.07, 6.45) is 2.26. The predicted octanol–water partition coefficient (Wildman–Crippen LogP) is 2.71. The van der Waals surface area contributed by atoms with Crippen LogP contribution >= 0.6 is 0 Å². The van der Waals surface area contributed by atoms with E-state index in [4.69, 9.17) is 5.73 Å². The van der Waals surface area contributed by atoms with E-state index in [9.17, 15) is 0 Å². The smallest absolute Gasteiger partial charge is 0.145 e. The molecule has 0 bridgehead atoms. The zero-order valence-electron chi connectivity index (χ0n) is 10.1. The second kappa shape index (κ2) is 3.91. The molecule has 3 rings (SSSR count). The Morgan fingerprint density at radius 3 is 2.82 bits per heavy atom. The van der Waals surface area contributed by atoms with E-state index < -0.39 is 0 Å². The number of nitrogen functional groups attached to an aromatic ring is 1. The van der Waals surface area contributed by atoms with Crippen LogP contribution in [0.5, 0.6) is 0 Å². The molecule has 3 nitrogen and oxygen atoms in total. The van der Waals surface area contributed by atoms with Gasteiger partial charge < -0.3 is 10.3 Å². The lowest BCUT2D eigenvalue weighted by Gasteiger charge is -2.22. The lowest BCUT2D eigenvalue weighted by atomic mass is 9.99. The van der Waals surface area contributed by atoms with Gasteiger partial charge in [-0.05, 0) is 18.8 Å². The number of imidazole rings is 1. The van der Waals surface area contributed by atoms with Gasteiger partial charge in [0, 0.05) is 12.1 Å². The molecule has 3 heteroatoms. The van der Waals surface area contributed by atoms with E-state index in [1.807, 2.05) is 18.2 Å². The Morgan fingerprint density at radius 2 is 2.06 bits per heavy atom. The van der Waals surface area contributed by atoms with E-state index in [1.165, 1.54) is 12.1 Å². The van der Waals surface area contributed by atoms with Crippen LogP contribution in [0.4, 0.5) is 5.82 Å². The van der Waals surface area contributed by atoms with Gasteiger partial charge in [-0.25, -0.2) is 4.98 Å². The van der Waals surface area contributed by atoms with Crippen molar-refractivity contribution in [3.05, 3.63) is 36.0 Å². The first-order chi connectivity index (χ1) is 8.25. The number of nitrogens with two attached hydrogens (primary N) is 1. The molecule has 2 N–H and O–H groups in total. The quantitative estimate of drug-likeness (QED) is 0.814. The number of benzene rings is 1. The largest absolute Gasteiger partial charge is 0.382 e. The van der Waals surface area contributed by atoms with Crippen molar-refractivity contribution >= 4 is 5.82 Å². The fraction of sp³-hybridized carbons (Fsp3) is 0.357. The van der Waals surface area contributed by atoms with Crippen molar-refractivity contribution in [2.24, 2.45) is 5.92 Å². The molecule has 1 aromatic carbocycles. The van der Waals surface area contributed by atoms with E-state index in [0.29, 0.717) is 11.7 Å². The molecule has 88 valence electrons. The summed E-state index contributed by atoms with van der Waals surface area (Å²) < 4.78 is 2.29. The highest BCUT2D eigenvalue weighted by Gasteiger charge is 2.22. The monoisotopic (exact) mass is 227 g/mol. The first-order valence-corrected chi connectivity index (χ1v) is 6.16. The number of rotatable bonds is 1. The van der Waals surface area contributed by atoms with Gasteiger partial charge in [-0.3, -0.25) is 0 Å². The summed E-state index contributed by atoms with van der Waals surface area (Å²) in [6.45, 7) is 3.32. The molecule has 0 fully saturated rings. The molecule has 2 aromatic rings. The first kappa shape index (κ1) is 10.4. The zero-order chi connectivity index (χ0) is 11.8. The Kier molecular flexibility index (Phi) is 2.39. The van der Waals surface area contributed by atoms with E-state index in [2.05, 4.69) is 28.6 Å². The molecule has 1 aliphatic rings. The summed E-state index contributed by atoms with van der Waals surface area (Å²) in [5, 5.41) is 0. The standard InChI is InChI=1S/C14H17N3/c1-10-7-8-12-13(15)16-14(17(12)9-10)11-5-3-2-4-6-11/h2-6,10H,7-9,15H2,1H3. The molecule has 0 saturated heterocycles. The van der Waals surface area contributed by atoms with E-state index in [0.717, 1.165) is 24.4 Å². The summed E-state index contributed by atoms with van der Waals surface area (Å²) in [5.41, 5.74) is 8.38. The van der Waals surface area contributed by atoms with Crippen molar-refractivity contribution in [1.82, 2.24) is 9.55 Å². The van der Waals surface area contributed by atoms with Gasteiger partial charge in [0.05, 0.1) is 5.69 Å². The molecule has 1 atom stereocenters. The zero-order valence-corrected chi connectivity index (χ0v) is 10.1. The molecule has 1 aliphatic heterocycles. The lowest BCUT2D eigenvalue weighted by molar-refractivity contribution is 0.403. The van der Waals surface area contributed by atoms with Crippen molar-refractivity contribution in [3.63, 3.8) is 0 Å². The normalized spacial score (nSPS) is 19.0. The van der Waals surface area contributed by atoms with Crippen molar-refractivity contribution in [2.45, 2.75) is 26.3 Å². The molecule has 17 heavy (non-hydrogen) atoms. The minimum absolute atomic E-state index is 0.704. The van der Waals surface area contributed by atoms with Gasteiger partial charge >= 0.3 is 0 Å². The summed E-state index contributed by atoms with van der Waals surface area (Å²) in [5.74, 6) is 2.43. The predicted molar refractivity (Wildman–Crippen MR) is 69.6 cm³/mol. The molecule has 0 amide bonds. The molecular formula is C14H17N3. The fourth-order valence-corrected chi connectivity index (χ4v) is 2.56. The number of hydrogen-bond donors (Lipinski definition) is 1. The third-order valence-electron chi connectivity index (χ3n) is 3.50. The highest BCUT2D eigenvalue weighted by Crippen LogP contribution is 2.30. The van der Waals surface area contributed by atoms with Gasteiger partial charge in [0.15, 0.2) is 0 Å². The average Bonchev–Trinajstić information content (AvgIpc) is 2.67. The van der Waals surface area contributed by atoms with E-state index >= 15 is 0 Å². The lowest BCUT2D eigenvalue weighted by Crippen LogP contribution is -2.18. The van der Waals surface area contributed by atoms with Crippen molar-refractivity contribution in [3.8, 4) is 11.4 Å². The number of anilines is 1. The van der Waals surface area contributed by atoms with Crippen LogP contribution in [0.25, 0.3) is 11.4 Å². The highest BCUT2D eigenvalue weighted by atomic mass is 15.1. The topological polar surface area (TPSA) is 43.8 Å². The fourth-order valence-electron chi connectivity index (χ4n) is 2.56. The van der Waals surface area contributed by atoms with Crippen LogP contribution in [0, 0.1) is 5.92 Å². The van der Waals surface area contributed by atoms with Crippen molar-refractivity contribution in [2.75, 3.05) is 5.73 Å². The number of nitrogens with zero attached hydrogens (tertiary/aromatic N) is 2. The summed E-state index contributed by atoms with van der Waals surface area (Å²) in [6, 6.07) is 10.3. The second-order valence-corrected chi connectivity index (χ2v) is 4.89. The van der Waals surface area contributed by atoms with Gasteiger partial charge in [-0.2, -0.15) is 0 Å². The third-order valence-corrected chi connectivity index (χ3v) is 3.50. The van der Waals surface area contributed by atoms with Crippen LogP contribution < -0.4 is 5.73 Å². The van der Waals surface area contributed by atoms with Crippen LogP contribution in [0.1, 0.15) is 19.0 Å². The Balaban J connectivity index is 2.13. The van der Waals surface area contributed by atoms with Crippen LogP contribution in [0.15, 0.2) is 30.3 Å². The molecule has 0 aliphatic carbocycles. The Hall–Kier alpha value is -1.77. The first-order valence-electron chi connectivity index (χ1n) is 6.16. The number of aromatic nitrogens is 2. The summed E-state index contributed by atoms with van der Waals surface area (Å²) in [7, 11) is 0. The maximum atomic E-state index is 6.01. The molecule has 0 spiro atoms. The van der Waals surface area contributed by atoms with E-state index in [-0.39, 0.29) is 0 Å².